The highest BCUT2D eigenvalue weighted by molar-refractivity contribution is 7.92. The van der Waals surface area contributed by atoms with Gasteiger partial charge in [-0.2, -0.15) is 0 Å². The third-order valence-electron chi connectivity index (χ3n) is 6.97. The van der Waals surface area contributed by atoms with Crippen LogP contribution in [0.1, 0.15) is 37.8 Å². The van der Waals surface area contributed by atoms with Crippen LogP contribution in [0.15, 0.2) is 72.8 Å². The number of hydrogen-bond donors (Lipinski definition) is 1. The molecule has 0 saturated carbocycles. The van der Waals surface area contributed by atoms with Crippen molar-refractivity contribution in [2.45, 2.75) is 51.7 Å². The van der Waals surface area contributed by atoms with Crippen LogP contribution >= 0.6 is 0 Å². The summed E-state index contributed by atoms with van der Waals surface area (Å²) in [5.74, 6) is -0.239. The second kappa shape index (κ2) is 14.4. The second-order valence-corrected chi connectivity index (χ2v) is 12.7. The van der Waals surface area contributed by atoms with Gasteiger partial charge in [0.05, 0.1) is 11.9 Å². The quantitative estimate of drug-likeness (QED) is 0.309. The van der Waals surface area contributed by atoms with E-state index in [1.54, 1.807) is 36.4 Å². The third kappa shape index (κ3) is 8.70. The van der Waals surface area contributed by atoms with E-state index in [0.29, 0.717) is 30.4 Å². The highest BCUT2D eigenvalue weighted by atomic mass is 32.2. The molecule has 0 aromatic heterocycles. The lowest BCUT2D eigenvalue weighted by Gasteiger charge is -2.32. The Hall–Kier alpha value is -4.12. The highest BCUT2D eigenvalue weighted by Crippen LogP contribution is 2.35. The first-order chi connectivity index (χ1) is 20.5. The summed E-state index contributed by atoms with van der Waals surface area (Å²) in [6, 6.07) is 19.3. The van der Waals surface area contributed by atoms with Gasteiger partial charge < -0.3 is 19.7 Å². The average Bonchev–Trinajstić information content (AvgIpc) is 2.97. The first-order valence-electron chi connectivity index (χ1n) is 14.3. The van der Waals surface area contributed by atoms with Crippen molar-refractivity contribution >= 4 is 27.5 Å². The van der Waals surface area contributed by atoms with Gasteiger partial charge in [-0.15, -0.1) is 0 Å². The summed E-state index contributed by atoms with van der Waals surface area (Å²) >= 11 is 0. The summed E-state index contributed by atoms with van der Waals surface area (Å²) < 4.78 is 52.7. The zero-order valence-electron chi connectivity index (χ0n) is 24.7. The maximum absolute atomic E-state index is 14.8. The van der Waals surface area contributed by atoms with E-state index in [2.05, 4.69) is 5.32 Å². The van der Waals surface area contributed by atoms with E-state index in [9.17, 15) is 22.4 Å². The number of rotatable bonds is 13. The largest absolute Gasteiger partial charge is 0.486 e. The number of nitrogens with one attached hydrogen (secondary N) is 1. The van der Waals surface area contributed by atoms with E-state index < -0.39 is 27.8 Å². The molecule has 1 unspecified atom stereocenters. The lowest BCUT2D eigenvalue weighted by molar-refractivity contribution is -0.141. The fourth-order valence-electron chi connectivity index (χ4n) is 4.94. The molecular formula is C32H38FN3O6S. The Kier molecular flexibility index (Phi) is 10.6. The average molecular weight is 612 g/mol. The van der Waals surface area contributed by atoms with Gasteiger partial charge in [-0.05, 0) is 44.0 Å². The molecule has 1 heterocycles. The zero-order valence-corrected chi connectivity index (χ0v) is 25.5. The normalized spacial score (nSPS) is 13.3. The predicted molar refractivity (Wildman–Crippen MR) is 163 cm³/mol. The van der Waals surface area contributed by atoms with Crippen molar-refractivity contribution in [2.24, 2.45) is 0 Å². The van der Waals surface area contributed by atoms with Crippen LogP contribution in [-0.4, -0.2) is 63.2 Å². The SMILES string of the molecule is CC(C)NC(=O)C(Cc1ccccc1)N(Cc1ccccc1F)C(=O)CCCN(c1ccc2c(c1)OCCO2)S(C)(=O)=O. The van der Waals surface area contributed by atoms with Crippen LogP contribution in [-0.2, 0) is 32.6 Å². The molecule has 4 rings (SSSR count). The van der Waals surface area contributed by atoms with Crippen molar-refractivity contribution in [3.63, 3.8) is 0 Å². The van der Waals surface area contributed by atoms with E-state index in [1.165, 1.54) is 15.3 Å². The smallest absolute Gasteiger partial charge is 0.243 e. The minimum atomic E-state index is -3.70. The summed E-state index contributed by atoms with van der Waals surface area (Å²) in [6.45, 7) is 4.33. The molecule has 1 aliphatic heterocycles. The van der Waals surface area contributed by atoms with Crippen molar-refractivity contribution < 1.29 is 31.9 Å². The minimum Gasteiger partial charge on any atom is -0.486 e. The molecule has 9 nitrogen and oxygen atoms in total. The van der Waals surface area contributed by atoms with Crippen LogP contribution in [0.25, 0.3) is 0 Å². The Balaban J connectivity index is 1.58. The van der Waals surface area contributed by atoms with E-state index in [4.69, 9.17) is 9.47 Å². The molecule has 3 aromatic carbocycles. The molecule has 0 saturated heterocycles. The van der Waals surface area contributed by atoms with Crippen molar-refractivity contribution in [1.82, 2.24) is 10.2 Å². The Labute approximate surface area is 252 Å². The van der Waals surface area contributed by atoms with Gasteiger partial charge in [-0.25, -0.2) is 12.8 Å². The van der Waals surface area contributed by atoms with Gasteiger partial charge >= 0.3 is 0 Å². The predicted octanol–water partition coefficient (Wildman–Crippen LogP) is 4.31. The van der Waals surface area contributed by atoms with Crippen molar-refractivity contribution in [3.05, 3.63) is 89.7 Å². The fourth-order valence-corrected chi connectivity index (χ4v) is 5.89. The van der Waals surface area contributed by atoms with Crippen LogP contribution in [0.5, 0.6) is 11.5 Å². The topological polar surface area (TPSA) is 105 Å². The summed E-state index contributed by atoms with van der Waals surface area (Å²) in [7, 11) is -3.70. The van der Waals surface area contributed by atoms with E-state index in [1.807, 2.05) is 44.2 Å². The Morgan fingerprint density at radius 2 is 1.63 bits per heavy atom. The number of amides is 2. The summed E-state index contributed by atoms with van der Waals surface area (Å²) in [5, 5.41) is 2.90. The van der Waals surface area contributed by atoms with Crippen LogP contribution in [0, 0.1) is 5.82 Å². The minimum absolute atomic E-state index is 0.0132. The van der Waals surface area contributed by atoms with E-state index >= 15 is 0 Å². The maximum atomic E-state index is 14.8. The number of carbonyl (C=O) groups excluding carboxylic acids is 2. The molecule has 0 aliphatic carbocycles. The first kappa shape index (κ1) is 31.8. The molecule has 1 aliphatic rings. The molecule has 0 spiro atoms. The second-order valence-electron chi connectivity index (χ2n) is 10.7. The van der Waals surface area contributed by atoms with Gasteiger partial charge in [0.15, 0.2) is 11.5 Å². The van der Waals surface area contributed by atoms with Crippen LogP contribution in [0.3, 0.4) is 0 Å². The fraction of sp³-hybridized carbons (Fsp3) is 0.375. The molecule has 230 valence electrons. The number of halogens is 1. The Morgan fingerprint density at radius 1 is 0.953 bits per heavy atom. The number of fused-ring (bicyclic) bond motifs is 1. The van der Waals surface area contributed by atoms with Gasteiger partial charge in [0, 0.05) is 43.6 Å². The molecule has 43 heavy (non-hydrogen) atoms. The van der Waals surface area contributed by atoms with Crippen molar-refractivity contribution in [3.8, 4) is 11.5 Å². The summed E-state index contributed by atoms with van der Waals surface area (Å²) in [4.78, 5) is 28.7. The number of anilines is 1. The Morgan fingerprint density at radius 3 is 2.30 bits per heavy atom. The lowest BCUT2D eigenvalue weighted by Crippen LogP contribution is -2.52. The molecule has 0 fully saturated rings. The maximum Gasteiger partial charge on any atom is 0.243 e. The molecule has 0 bridgehead atoms. The molecule has 11 heteroatoms. The van der Waals surface area contributed by atoms with E-state index in [0.717, 1.165) is 11.8 Å². The lowest BCUT2D eigenvalue weighted by atomic mass is 10.0. The number of benzene rings is 3. The van der Waals surface area contributed by atoms with Gasteiger partial charge in [0.2, 0.25) is 21.8 Å². The van der Waals surface area contributed by atoms with Crippen LogP contribution < -0.4 is 19.1 Å². The van der Waals surface area contributed by atoms with Gasteiger partial charge in [0.1, 0.15) is 25.1 Å². The molecule has 1 N–H and O–H groups in total. The number of ether oxygens (including phenoxy) is 2. The molecule has 2 amide bonds. The van der Waals surface area contributed by atoms with Crippen LogP contribution in [0.4, 0.5) is 10.1 Å². The zero-order chi connectivity index (χ0) is 31.0. The summed E-state index contributed by atoms with van der Waals surface area (Å²) in [6.07, 6.45) is 1.43. The van der Waals surface area contributed by atoms with Gasteiger partial charge in [-0.3, -0.25) is 13.9 Å². The molecule has 0 radical (unpaired) electrons. The summed E-state index contributed by atoms with van der Waals surface area (Å²) in [5.41, 5.74) is 1.51. The van der Waals surface area contributed by atoms with Gasteiger partial charge in [-0.1, -0.05) is 48.5 Å². The molecule has 1 atom stereocenters. The number of sulfonamides is 1. The Bertz CT molecular complexity index is 1520. The first-order valence-corrected chi connectivity index (χ1v) is 16.1. The molecular weight excluding hydrogens is 573 g/mol. The highest BCUT2D eigenvalue weighted by Gasteiger charge is 2.31. The number of carbonyl (C=O) groups is 2. The van der Waals surface area contributed by atoms with Gasteiger partial charge in [0.25, 0.3) is 0 Å². The molecule has 3 aromatic rings. The number of nitrogens with zero attached hydrogens (tertiary/aromatic N) is 2. The monoisotopic (exact) mass is 611 g/mol. The van der Waals surface area contributed by atoms with Crippen molar-refractivity contribution in [1.29, 1.82) is 0 Å². The number of hydrogen-bond acceptors (Lipinski definition) is 6. The van der Waals surface area contributed by atoms with Crippen molar-refractivity contribution in [2.75, 3.05) is 30.3 Å². The van der Waals surface area contributed by atoms with E-state index in [-0.39, 0.29) is 49.9 Å². The standard InChI is InChI=1S/C32H38FN3O6S/c1-23(2)34-32(38)28(20-24-10-5-4-6-11-24)35(22-25-12-7-8-13-27(25)33)31(37)14-9-17-36(43(3,39)40)26-15-16-29-30(21-26)42-19-18-41-29/h4-8,10-13,15-16,21,23,28H,9,14,17-20,22H2,1-3H3,(H,34,38). The third-order valence-corrected chi connectivity index (χ3v) is 8.16. The van der Waals surface area contributed by atoms with Crippen LogP contribution in [0.2, 0.25) is 0 Å².